The van der Waals surface area contributed by atoms with Crippen LogP contribution in [0.1, 0.15) is 37.5 Å². The fraction of sp³-hybridized carbons (Fsp3) is 0.500. The van der Waals surface area contributed by atoms with E-state index in [9.17, 15) is 0 Å². The summed E-state index contributed by atoms with van der Waals surface area (Å²) in [4.78, 5) is 10.7. The van der Waals surface area contributed by atoms with Crippen LogP contribution in [0.25, 0.3) is 0 Å². The Bertz CT molecular complexity index is 483. The normalized spacial score (nSPS) is 11.1. The van der Waals surface area contributed by atoms with E-state index in [1.807, 2.05) is 24.5 Å². The van der Waals surface area contributed by atoms with Crippen LogP contribution in [0.2, 0.25) is 0 Å². The van der Waals surface area contributed by atoms with Crippen LogP contribution in [0.3, 0.4) is 0 Å². The van der Waals surface area contributed by atoms with E-state index in [0.717, 1.165) is 31.8 Å². The molecule has 2 aromatic rings. The van der Waals surface area contributed by atoms with Crippen LogP contribution in [0, 0.1) is 0 Å². The van der Waals surface area contributed by atoms with E-state index >= 15 is 0 Å². The third-order valence-corrected chi connectivity index (χ3v) is 2.95. The number of hydrogen-bond donors (Lipinski definition) is 0. The van der Waals surface area contributed by atoms with Crippen molar-refractivity contribution in [3.8, 4) is 0 Å². The molecule has 0 spiro atoms. The van der Waals surface area contributed by atoms with Crippen LogP contribution in [0.5, 0.6) is 0 Å². The van der Waals surface area contributed by atoms with Crippen molar-refractivity contribution in [2.45, 2.75) is 39.8 Å². The van der Waals surface area contributed by atoms with Crippen LogP contribution < -0.4 is 0 Å². The van der Waals surface area contributed by atoms with Gasteiger partial charge in [-0.15, -0.1) is 0 Å². The summed E-state index contributed by atoms with van der Waals surface area (Å²) in [6.07, 6.45) is 5.54. The summed E-state index contributed by atoms with van der Waals surface area (Å²) < 4.78 is 5.27. The molecule has 0 saturated carbocycles. The van der Waals surface area contributed by atoms with Crippen molar-refractivity contribution >= 4 is 0 Å². The lowest BCUT2D eigenvalue weighted by Gasteiger charge is -2.17. The Morgan fingerprint density at radius 3 is 2.63 bits per heavy atom. The Morgan fingerprint density at radius 2 is 1.95 bits per heavy atom. The molecule has 102 valence electrons. The molecule has 0 atom stereocenters. The molecule has 2 rings (SSSR count). The molecule has 0 bridgehead atoms. The van der Waals surface area contributed by atoms with Crippen molar-refractivity contribution in [1.82, 2.24) is 20.0 Å². The molecule has 0 unspecified atom stereocenters. The lowest BCUT2D eigenvalue weighted by Crippen LogP contribution is -2.22. The number of pyridine rings is 1. The van der Waals surface area contributed by atoms with Gasteiger partial charge in [-0.25, -0.2) is 0 Å². The van der Waals surface area contributed by atoms with Gasteiger partial charge in [0, 0.05) is 25.4 Å². The predicted molar refractivity (Wildman–Crippen MR) is 72.3 cm³/mol. The second kappa shape index (κ2) is 6.99. The van der Waals surface area contributed by atoms with Gasteiger partial charge in [-0.05, 0) is 30.7 Å². The summed E-state index contributed by atoms with van der Waals surface area (Å²) >= 11 is 0. The average Bonchev–Trinajstić information content (AvgIpc) is 2.87. The zero-order valence-corrected chi connectivity index (χ0v) is 11.5. The summed E-state index contributed by atoms with van der Waals surface area (Å²) in [5.74, 6) is 1.50. The Balaban J connectivity index is 1.94. The Kier molecular flexibility index (Phi) is 5.03. The van der Waals surface area contributed by atoms with E-state index in [1.54, 1.807) is 0 Å². The Labute approximate surface area is 113 Å². The molecule has 0 aromatic carbocycles. The van der Waals surface area contributed by atoms with E-state index in [-0.39, 0.29) is 0 Å². The molecule has 5 nitrogen and oxygen atoms in total. The molecule has 5 heteroatoms. The third kappa shape index (κ3) is 4.13. The molecule has 0 saturated heterocycles. The van der Waals surface area contributed by atoms with E-state index < -0.39 is 0 Å². The van der Waals surface area contributed by atoms with Crippen molar-refractivity contribution in [3.05, 3.63) is 41.8 Å². The largest absolute Gasteiger partial charge is 0.338 e. The van der Waals surface area contributed by atoms with Gasteiger partial charge in [-0.2, -0.15) is 4.98 Å². The molecular weight excluding hydrogens is 240 g/mol. The highest BCUT2D eigenvalue weighted by molar-refractivity contribution is 5.09. The van der Waals surface area contributed by atoms with Crippen molar-refractivity contribution in [2.75, 3.05) is 6.54 Å². The second-order valence-corrected chi connectivity index (χ2v) is 4.51. The van der Waals surface area contributed by atoms with E-state index in [1.165, 1.54) is 5.56 Å². The highest BCUT2D eigenvalue weighted by atomic mass is 16.5. The molecule has 0 aliphatic heterocycles. The number of rotatable bonds is 7. The predicted octanol–water partition coefficient (Wildman–Crippen LogP) is 2.44. The highest BCUT2D eigenvalue weighted by Crippen LogP contribution is 2.08. The summed E-state index contributed by atoms with van der Waals surface area (Å²) in [7, 11) is 0. The van der Waals surface area contributed by atoms with Crippen molar-refractivity contribution in [3.63, 3.8) is 0 Å². The molecule has 19 heavy (non-hydrogen) atoms. The lowest BCUT2D eigenvalue weighted by molar-refractivity contribution is 0.228. The number of hydrogen-bond acceptors (Lipinski definition) is 5. The smallest absolute Gasteiger partial charge is 0.240 e. The molecule has 0 amide bonds. The average molecular weight is 260 g/mol. The monoisotopic (exact) mass is 260 g/mol. The Morgan fingerprint density at radius 1 is 1.16 bits per heavy atom. The maximum atomic E-state index is 5.27. The first-order chi connectivity index (χ1) is 9.31. The van der Waals surface area contributed by atoms with E-state index in [4.69, 9.17) is 4.52 Å². The molecule has 2 heterocycles. The minimum Gasteiger partial charge on any atom is -0.338 e. The number of nitrogens with zero attached hydrogens (tertiary/aromatic N) is 4. The minimum atomic E-state index is 0.690. The summed E-state index contributed by atoms with van der Waals surface area (Å²) in [5.41, 5.74) is 1.24. The van der Waals surface area contributed by atoms with E-state index in [2.05, 4.69) is 33.9 Å². The SMILES string of the molecule is CCCc1noc(CN(CC)Cc2ccncc2)n1. The zero-order chi connectivity index (χ0) is 13.5. The summed E-state index contributed by atoms with van der Waals surface area (Å²) in [6.45, 7) is 6.73. The van der Waals surface area contributed by atoms with Crippen LogP contribution in [0.15, 0.2) is 29.0 Å². The summed E-state index contributed by atoms with van der Waals surface area (Å²) in [6, 6.07) is 4.05. The van der Waals surface area contributed by atoms with Gasteiger partial charge in [0.05, 0.1) is 6.54 Å². The van der Waals surface area contributed by atoms with Gasteiger partial charge < -0.3 is 4.52 Å². The zero-order valence-electron chi connectivity index (χ0n) is 11.5. The van der Waals surface area contributed by atoms with Crippen molar-refractivity contribution in [1.29, 1.82) is 0 Å². The molecular formula is C14H20N4O. The van der Waals surface area contributed by atoms with Gasteiger partial charge in [0.2, 0.25) is 5.89 Å². The van der Waals surface area contributed by atoms with Gasteiger partial charge >= 0.3 is 0 Å². The van der Waals surface area contributed by atoms with Crippen molar-refractivity contribution in [2.24, 2.45) is 0 Å². The van der Waals surface area contributed by atoms with Gasteiger partial charge in [0.15, 0.2) is 5.82 Å². The topological polar surface area (TPSA) is 55.1 Å². The minimum absolute atomic E-state index is 0.690. The van der Waals surface area contributed by atoms with Crippen LogP contribution in [0.4, 0.5) is 0 Å². The van der Waals surface area contributed by atoms with Crippen LogP contribution >= 0.6 is 0 Å². The van der Waals surface area contributed by atoms with Crippen LogP contribution in [-0.4, -0.2) is 26.6 Å². The second-order valence-electron chi connectivity index (χ2n) is 4.51. The highest BCUT2D eigenvalue weighted by Gasteiger charge is 2.10. The maximum absolute atomic E-state index is 5.27. The fourth-order valence-electron chi connectivity index (χ4n) is 1.90. The molecule has 0 radical (unpaired) electrons. The van der Waals surface area contributed by atoms with Gasteiger partial charge in [0.25, 0.3) is 0 Å². The quantitative estimate of drug-likeness (QED) is 0.765. The van der Waals surface area contributed by atoms with E-state index in [0.29, 0.717) is 12.4 Å². The standard InChI is InChI=1S/C14H20N4O/c1-3-5-13-16-14(19-17-13)11-18(4-2)10-12-6-8-15-9-7-12/h6-9H,3-5,10-11H2,1-2H3. The first-order valence-electron chi connectivity index (χ1n) is 6.74. The fourth-order valence-corrected chi connectivity index (χ4v) is 1.90. The third-order valence-electron chi connectivity index (χ3n) is 2.95. The van der Waals surface area contributed by atoms with Crippen molar-refractivity contribution < 1.29 is 4.52 Å². The number of aromatic nitrogens is 3. The van der Waals surface area contributed by atoms with Gasteiger partial charge in [-0.3, -0.25) is 9.88 Å². The lowest BCUT2D eigenvalue weighted by atomic mass is 10.2. The molecule has 0 fully saturated rings. The van der Waals surface area contributed by atoms with Gasteiger partial charge in [-0.1, -0.05) is 19.0 Å². The molecule has 0 N–H and O–H groups in total. The number of aryl methyl sites for hydroxylation is 1. The molecule has 0 aliphatic rings. The summed E-state index contributed by atoms with van der Waals surface area (Å²) in [5, 5.41) is 3.98. The maximum Gasteiger partial charge on any atom is 0.240 e. The first-order valence-corrected chi connectivity index (χ1v) is 6.74. The molecule has 0 aliphatic carbocycles. The Hall–Kier alpha value is -1.75. The molecule has 2 aromatic heterocycles. The first kappa shape index (κ1) is 13.7. The van der Waals surface area contributed by atoms with Crippen LogP contribution in [-0.2, 0) is 19.5 Å². The van der Waals surface area contributed by atoms with Gasteiger partial charge in [0.1, 0.15) is 0 Å².